The van der Waals surface area contributed by atoms with Gasteiger partial charge in [-0.25, -0.2) is 15.0 Å². The van der Waals surface area contributed by atoms with Crippen LogP contribution in [0.4, 0.5) is 5.82 Å². The lowest BCUT2D eigenvalue weighted by molar-refractivity contribution is -0.147. The van der Waals surface area contributed by atoms with Gasteiger partial charge in [-0.1, -0.05) is 122 Å². The Morgan fingerprint density at radius 3 is 2.00 bits per heavy atom. The molecule has 2 aliphatic heterocycles. The van der Waals surface area contributed by atoms with Crippen molar-refractivity contribution in [3.05, 3.63) is 145 Å². The first-order valence-electron chi connectivity index (χ1n) is 18.9. The maximum Gasteiger partial charge on any atom is 0.285 e. The summed E-state index contributed by atoms with van der Waals surface area (Å²) in [6, 6.07) is 34.7. The zero-order valence-corrected chi connectivity index (χ0v) is 33.2. The van der Waals surface area contributed by atoms with Crippen LogP contribution in [0.2, 0.25) is 0 Å². The van der Waals surface area contributed by atoms with Gasteiger partial charge in [-0.05, 0) is 29.7 Å². The Hall–Kier alpha value is -5.94. The third kappa shape index (κ3) is 6.91. The van der Waals surface area contributed by atoms with Gasteiger partial charge < -0.3 is 25.0 Å². The van der Waals surface area contributed by atoms with Crippen LogP contribution in [-0.2, 0) is 19.7 Å². The molecule has 2 aliphatic rings. The maximum absolute atomic E-state index is 13.4. The van der Waals surface area contributed by atoms with Gasteiger partial charge in [0.05, 0.1) is 36.8 Å². The molecule has 296 valence electrons. The lowest BCUT2D eigenvalue weighted by Gasteiger charge is -2.42. The first-order chi connectivity index (χ1) is 28.0. The monoisotopic (exact) mass is 798 g/mol. The molecule has 1 unspecified atom stereocenters. The highest BCUT2D eigenvalue weighted by atomic mass is 28.3. The number of amides is 3. The average molecular weight is 799 g/mol. The predicted octanol–water partition coefficient (Wildman–Crippen LogP) is 3.09. The van der Waals surface area contributed by atoms with Crippen LogP contribution >= 0.6 is 0 Å². The molecule has 4 heterocycles. The minimum Gasteiger partial charge on any atom is -0.390 e. The molecule has 0 radical (unpaired) electrons. The van der Waals surface area contributed by atoms with Crippen LogP contribution in [0.1, 0.15) is 51.8 Å². The summed E-state index contributed by atoms with van der Waals surface area (Å²) in [4.78, 5) is 59.1. The van der Waals surface area contributed by atoms with Crippen molar-refractivity contribution >= 4 is 53.9 Å². The van der Waals surface area contributed by atoms with Gasteiger partial charge in [-0.15, -0.1) is 5.06 Å². The number of aliphatic hydroxyl groups is 2. The average Bonchev–Trinajstić information content (AvgIpc) is 3.88. The minimum absolute atomic E-state index is 0.155. The summed E-state index contributed by atoms with van der Waals surface area (Å²) in [5, 5.41) is 28.2. The van der Waals surface area contributed by atoms with E-state index in [0.717, 1.165) is 10.4 Å². The highest BCUT2D eigenvalue weighted by molar-refractivity contribution is 6.86. The van der Waals surface area contributed by atoms with E-state index >= 15 is 0 Å². The standard InChI is InChI=1S/C43H42N6O8Si/c1-42(2,3)35(51)34-33(50)36(55-23-24-56-49-40(53)30-21-13-14-22-31(30)41(49)54)43(57-34,58(28-17-9-5-10-18-28)29-19-11-6-12-20-29)48-26-46-32-37(44-25-45-38(32)48)47-39(52)27-15-7-4-8-16-27/h4-22,25-26,33-36,50-51,58H,23-24H2,1-3H3,(H,44,45,47,52)/t33-,34+,35?,36-,43+/m1/s1. The molecule has 14 nitrogen and oxygen atoms in total. The summed E-state index contributed by atoms with van der Waals surface area (Å²) < 4.78 is 15.7. The Morgan fingerprint density at radius 2 is 1.41 bits per heavy atom. The second-order valence-electron chi connectivity index (χ2n) is 15.3. The number of rotatable bonds is 12. The van der Waals surface area contributed by atoms with E-state index in [4.69, 9.17) is 19.3 Å². The Morgan fingerprint density at radius 1 is 0.845 bits per heavy atom. The van der Waals surface area contributed by atoms with Crippen molar-refractivity contribution in [2.24, 2.45) is 5.41 Å². The van der Waals surface area contributed by atoms with Crippen LogP contribution in [0.3, 0.4) is 0 Å². The van der Waals surface area contributed by atoms with Crippen molar-refractivity contribution in [1.29, 1.82) is 0 Å². The van der Waals surface area contributed by atoms with Crippen LogP contribution in [0.15, 0.2) is 128 Å². The highest BCUT2D eigenvalue weighted by Gasteiger charge is 2.64. The number of aliphatic hydroxyl groups excluding tert-OH is 2. The lowest BCUT2D eigenvalue weighted by Crippen LogP contribution is -2.67. The molecule has 8 rings (SSSR count). The molecular formula is C43H42N6O8Si. The molecular weight excluding hydrogens is 757 g/mol. The Labute approximate surface area is 335 Å². The molecule has 0 spiro atoms. The summed E-state index contributed by atoms with van der Waals surface area (Å²) in [6.07, 6.45) is -2.15. The van der Waals surface area contributed by atoms with Crippen molar-refractivity contribution in [1.82, 2.24) is 24.6 Å². The van der Waals surface area contributed by atoms with Gasteiger partial charge in [-0.3, -0.25) is 23.8 Å². The number of carbonyl (C=O) groups is 3. The fourth-order valence-corrected chi connectivity index (χ4v) is 11.7. The molecule has 0 bridgehead atoms. The van der Waals surface area contributed by atoms with Crippen LogP contribution in [0.5, 0.6) is 0 Å². The number of benzene rings is 4. The summed E-state index contributed by atoms with van der Waals surface area (Å²) in [7, 11) is -2.90. The lowest BCUT2D eigenvalue weighted by atomic mass is 9.84. The molecule has 0 saturated carbocycles. The number of fused-ring (bicyclic) bond motifs is 2. The quantitative estimate of drug-likeness (QED) is 0.0942. The van der Waals surface area contributed by atoms with Gasteiger partial charge in [0.1, 0.15) is 24.6 Å². The molecule has 6 aromatic rings. The molecule has 4 aromatic carbocycles. The van der Waals surface area contributed by atoms with Crippen molar-refractivity contribution in [2.45, 2.75) is 50.5 Å². The van der Waals surface area contributed by atoms with Crippen molar-refractivity contribution < 1.29 is 38.9 Å². The SMILES string of the molecule is CC(C)(C)C(O)[C@H]1O[C@](n2cnc3c(NC(=O)c4ccccc4)ncnc32)([SiH](c2ccccc2)c2ccccc2)[C@H](OCCON2C(=O)c3ccccc3C2=O)[C@@H]1O. The van der Waals surface area contributed by atoms with E-state index in [2.05, 4.69) is 15.3 Å². The topological polar surface area (TPSA) is 178 Å². The summed E-state index contributed by atoms with van der Waals surface area (Å²) >= 11 is 0. The van der Waals surface area contributed by atoms with Gasteiger partial charge in [0, 0.05) is 5.56 Å². The zero-order chi connectivity index (χ0) is 40.6. The van der Waals surface area contributed by atoms with Gasteiger partial charge in [0.25, 0.3) is 17.7 Å². The number of carbonyl (C=O) groups excluding carboxylic acids is 3. The maximum atomic E-state index is 13.4. The molecule has 1 fully saturated rings. The number of hydroxylamine groups is 2. The third-order valence-corrected chi connectivity index (χ3v) is 14.3. The molecule has 3 N–H and O–H groups in total. The number of hydrogen-bond acceptors (Lipinski definition) is 11. The van der Waals surface area contributed by atoms with Crippen LogP contribution < -0.4 is 15.7 Å². The second-order valence-corrected chi connectivity index (χ2v) is 18.3. The number of nitrogens with one attached hydrogen (secondary N) is 1. The van der Waals surface area contributed by atoms with Gasteiger partial charge in [-0.2, -0.15) is 0 Å². The Balaban J connectivity index is 1.25. The van der Waals surface area contributed by atoms with Crippen molar-refractivity contribution in [3.8, 4) is 0 Å². The molecule has 15 heteroatoms. The van der Waals surface area contributed by atoms with Gasteiger partial charge in [0.2, 0.25) is 0 Å². The van der Waals surface area contributed by atoms with E-state index in [1.807, 2.05) is 87.5 Å². The smallest absolute Gasteiger partial charge is 0.285 e. The van der Waals surface area contributed by atoms with Crippen LogP contribution in [0, 0.1) is 5.41 Å². The van der Waals surface area contributed by atoms with Crippen molar-refractivity contribution in [2.75, 3.05) is 18.5 Å². The van der Waals surface area contributed by atoms with Gasteiger partial charge in [0.15, 0.2) is 31.1 Å². The summed E-state index contributed by atoms with van der Waals surface area (Å²) in [6.45, 7) is 5.10. The number of nitrogens with zero attached hydrogens (tertiary/aromatic N) is 5. The molecule has 1 saturated heterocycles. The minimum atomic E-state index is -2.90. The van der Waals surface area contributed by atoms with E-state index in [9.17, 15) is 24.6 Å². The highest BCUT2D eigenvalue weighted by Crippen LogP contribution is 2.45. The van der Waals surface area contributed by atoms with Crippen LogP contribution in [-0.4, -0.2) is 98.9 Å². The zero-order valence-electron chi connectivity index (χ0n) is 32.0. The number of ether oxygens (including phenoxy) is 2. The number of anilines is 1. The van der Waals surface area contributed by atoms with E-state index in [1.54, 1.807) is 53.1 Å². The second kappa shape index (κ2) is 15.8. The summed E-state index contributed by atoms with van der Waals surface area (Å²) in [5.74, 6) is -1.42. The molecule has 3 amide bonds. The van der Waals surface area contributed by atoms with Gasteiger partial charge >= 0.3 is 0 Å². The van der Waals surface area contributed by atoms with Crippen LogP contribution in [0.25, 0.3) is 11.2 Å². The van der Waals surface area contributed by atoms with E-state index < -0.39 is 61.7 Å². The largest absolute Gasteiger partial charge is 0.390 e. The van der Waals surface area contributed by atoms with E-state index in [-0.39, 0.29) is 41.3 Å². The Bertz CT molecular complexity index is 2370. The normalized spacial score (nSPS) is 21.1. The number of imidazole rings is 1. The van der Waals surface area contributed by atoms with E-state index in [1.165, 1.54) is 12.7 Å². The first kappa shape index (κ1) is 38.9. The fraction of sp³-hybridized carbons (Fsp3) is 0.256. The third-order valence-electron chi connectivity index (χ3n) is 10.6. The Kier molecular flexibility index (Phi) is 10.6. The number of imide groups is 1. The first-order valence-corrected chi connectivity index (χ1v) is 20.6. The number of hydrogen-bond donors (Lipinski definition) is 3. The van der Waals surface area contributed by atoms with Crippen molar-refractivity contribution in [3.63, 3.8) is 0 Å². The van der Waals surface area contributed by atoms with E-state index in [0.29, 0.717) is 10.6 Å². The summed E-state index contributed by atoms with van der Waals surface area (Å²) in [5.41, 5.74) is 0.676. The predicted molar refractivity (Wildman–Crippen MR) is 216 cm³/mol. The molecule has 5 atom stereocenters. The molecule has 58 heavy (non-hydrogen) atoms. The molecule has 0 aliphatic carbocycles. The number of aromatic nitrogens is 4. The fourth-order valence-electron chi connectivity index (χ4n) is 7.80. The molecule has 2 aromatic heterocycles.